The summed E-state index contributed by atoms with van der Waals surface area (Å²) in [6, 6.07) is 17.9. The number of pyridine rings is 1. The molecule has 5 nitrogen and oxygen atoms in total. The summed E-state index contributed by atoms with van der Waals surface area (Å²) in [5.41, 5.74) is 2.36. The first kappa shape index (κ1) is 20.2. The molecule has 2 aromatic carbocycles. The Kier molecular flexibility index (Phi) is 6.68. The van der Waals surface area contributed by atoms with Gasteiger partial charge in [0.25, 0.3) is 0 Å². The number of aromatic nitrogens is 1. The van der Waals surface area contributed by atoms with Crippen LogP contribution in [0.2, 0.25) is 0 Å². The van der Waals surface area contributed by atoms with Crippen LogP contribution in [0, 0.1) is 5.82 Å². The quantitative estimate of drug-likeness (QED) is 0.669. The SMILES string of the molecule is CC(=O)N(Cc1ccc(F)cc1)[C@@H](C(=O)NCc1ccncc1)c1ccccc1. The van der Waals surface area contributed by atoms with Gasteiger partial charge in [-0.2, -0.15) is 0 Å². The van der Waals surface area contributed by atoms with Crippen LogP contribution in [0.5, 0.6) is 0 Å². The van der Waals surface area contributed by atoms with E-state index in [-0.39, 0.29) is 24.2 Å². The van der Waals surface area contributed by atoms with E-state index < -0.39 is 6.04 Å². The number of amides is 2. The van der Waals surface area contributed by atoms with Crippen molar-refractivity contribution in [3.8, 4) is 0 Å². The number of nitrogens with one attached hydrogen (secondary N) is 1. The van der Waals surface area contributed by atoms with Crippen LogP contribution in [0.25, 0.3) is 0 Å². The second kappa shape index (κ2) is 9.59. The molecule has 1 atom stereocenters. The number of carbonyl (C=O) groups is 2. The largest absolute Gasteiger partial charge is 0.350 e. The predicted octanol–water partition coefficient (Wildman–Crippen LogP) is 3.63. The van der Waals surface area contributed by atoms with Crippen LogP contribution in [-0.4, -0.2) is 21.7 Å². The van der Waals surface area contributed by atoms with E-state index in [9.17, 15) is 14.0 Å². The fourth-order valence-electron chi connectivity index (χ4n) is 3.07. The normalized spacial score (nSPS) is 11.5. The molecule has 0 unspecified atom stereocenters. The van der Waals surface area contributed by atoms with E-state index in [2.05, 4.69) is 10.3 Å². The molecule has 0 radical (unpaired) electrons. The van der Waals surface area contributed by atoms with E-state index in [1.807, 2.05) is 42.5 Å². The molecule has 1 heterocycles. The highest BCUT2D eigenvalue weighted by Gasteiger charge is 2.29. The van der Waals surface area contributed by atoms with Crippen molar-refractivity contribution in [3.63, 3.8) is 0 Å². The number of hydrogen-bond acceptors (Lipinski definition) is 3. The fraction of sp³-hybridized carbons (Fsp3) is 0.174. The molecule has 0 aliphatic carbocycles. The van der Waals surface area contributed by atoms with Crippen LogP contribution >= 0.6 is 0 Å². The molecule has 6 heteroatoms. The van der Waals surface area contributed by atoms with Crippen molar-refractivity contribution in [2.24, 2.45) is 0 Å². The van der Waals surface area contributed by atoms with E-state index in [0.717, 1.165) is 11.1 Å². The summed E-state index contributed by atoms with van der Waals surface area (Å²) in [5.74, 6) is -0.884. The van der Waals surface area contributed by atoms with Gasteiger partial charge in [0.05, 0.1) is 0 Å². The molecule has 2 amide bonds. The molecule has 3 rings (SSSR count). The lowest BCUT2D eigenvalue weighted by Crippen LogP contribution is -2.42. The highest BCUT2D eigenvalue weighted by Crippen LogP contribution is 2.24. The van der Waals surface area contributed by atoms with Crippen LogP contribution in [0.1, 0.15) is 29.7 Å². The summed E-state index contributed by atoms with van der Waals surface area (Å²) in [6.07, 6.45) is 3.32. The van der Waals surface area contributed by atoms with Crippen molar-refractivity contribution in [1.29, 1.82) is 0 Å². The van der Waals surface area contributed by atoms with Gasteiger partial charge in [-0.25, -0.2) is 4.39 Å². The Morgan fingerprint density at radius 3 is 2.24 bits per heavy atom. The fourth-order valence-corrected chi connectivity index (χ4v) is 3.07. The maximum Gasteiger partial charge on any atom is 0.247 e. The van der Waals surface area contributed by atoms with E-state index in [1.54, 1.807) is 24.5 Å². The molecule has 0 fully saturated rings. The molecule has 148 valence electrons. The first-order chi connectivity index (χ1) is 14.0. The molecule has 0 aliphatic rings. The summed E-state index contributed by atoms with van der Waals surface area (Å²) in [7, 11) is 0. The third kappa shape index (κ3) is 5.48. The van der Waals surface area contributed by atoms with Crippen LogP contribution in [0.15, 0.2) is 79.1 Å². The van der Waals surface area contributed by atoms with E-state index in [0.29, 0.717) is 12.1 Å². The Morgan fingerprint density at radius 1 is 0.966 bits per heavy atom. The molecule has 1 N–H and O–H groups in total. The smallest absolute Gasteiger partial charge is 0.247 e. The maximum atomic E-state index is 13.2. The summed E-state index contributed by atoms with van der Waals surface area (Å²) < 4.78 is 13.2. The van der Waals surface area contributed by atoms with Gasteiger partial charge in [-0.05, 0) is 41.0 Å². The minimum absolute atomic E-state index is 0.192. The summed E-state index contributed by atoms with van der Waals surface area (Å²) in [5, 5.41) is 2.91. The highest BCUT2D eigenvalue weighted by atomic mass is 19.1. The lowest BCUT2D eigenvalue weighted by Gasteiger charge is -2.30. The average Bonchev–Trinajstić information content (AvgIpc) is 2.74. The van der Waals surface area contributed by atoms with Crippen LogP contribution in [0.3, 0.4) is 0 Å². The third-order valence-corrected chi connectivity index (χ3v) is 4.56. The zero-order chi connectivity index (χ0) is 20.6. The maximum absolute atomic E-state index is 13.2. The number of benzene rings is 2. The third-order valence-electron chi connectivity index (χ3n) is 4.56. The van der Waals surface area contributed by atoms with Crippen molar-refractivity contribution in [3.05, 3.63) is 102 Å². The molecular weight excluding hydrogens is 369 g/mol. The Labute approximate surface area is 169 Å². The van der Waals surface area contributed by atoms with Crippen molar-refractivity contribution in [2.75, 3.05) is 0 Å². The van der Waals surface area contributed by atoms with Crippen LogP contribution in [-0.2, 0) is 22.7 Å². The standard InChI is InChI=1S/C23H22FN3O2/c1-17(28)27(16-19-7-9-21(24)10-8-19)22(20-5-3-2-4-6-20)23(29)26-15-18-11-13-25-14-12-18/h2-14,22H,15-16H2,1H3,(H,26,29)/t22-/m1/s1. The van der Waals surface area contributed by atoms with Gasteiger partial charge in [-0.15, -0.1) is 0 Å². The molecule has 0 spiro atoms. The number of carbonyl (C=O) groups excluding carboxylic acids is 2. The van der Waals surface area contributed by atoms with Crippen molar-refractivity contribution < 1.29 is 14.0 Å². The first-order valence-electron chi connectivity index (χ1n) is 9.28. The molecule has 0 saturated carbocycles. The molecule has 29 heavy (non-hydrogen) atoms. The lowest BCUT2D eigenvalue weighted by atomic mass is 10.0. The second-order valence-electron chi connectivity index (χ2n) is 6.66. The number of hydrogen-bond donors (Lipinski definition) is 1. The Balaban J connectivity index is 1.86. The molecule has 0 bridgehead atoms. The van der Waals surface area contributed by atoms with Crippen molar-refractivity contribution in [1.82, 2.24) is 15.2 Å². The zero-order valence-corrected chi connectivity index (χ0v) is 16.1. The first-order valence-corrected chi connectivity index (χ1v) is 9.28. The Morgan fingerprint density at radius 2 is 1.62 bits per heavy atom. The van der Waals surface area contributed by atoms with Gasteiger partial charge in [-0.3, -0.25) is 14.6 Å². The zero-order valence-electron chi connectivity index (χ0n) is 16.1. The molecule has 0 aliphatic heterocycles. The van der Waals surface area contributed by atoms with Crippen LogP contribution in [0.4, 0.5) is 4.39 Å². The van der Waals surface area contributed by atoms with E-state index >= 15 is 0 Å². The number of rotatable bonds is 7. The van der Waals surface area contributed by atoms with Gasteiger partial charge in [0.1, 0.15) is 11.9 Å². The monoisotopic (exact) mass is 391 g/mol. The van der Waals surface area contributed by atoms with Crippen LogP contribution < -0.4 is 5.32 Å². The van der Waals surface area contributed by atoms with Gasteiger partial charge < -0.3 is 10.2 Å². The minimum atomic E-state index is -0.805. The van der Waals surface area contributed by atoms with Gasteiger partial charge in [0.2, 0.25) is 11.8 Å². The Hall–Kier alpha value is -3.54. The van der Waals surface area contributed by atoms with E-state index in [4.69, 9.17) is 0 Å². The van der Waals surface area contributed by atoms with Gasteiger partial charge in [0.15, 0.2) is 0 Å². The number of nitrogens with zero attached hydrogens (tertiary/aromatic N) is 2. The minimum Gasteiger partial charge on any atom is -0.350 e. The van der Waals surface area contributed by atoms with Crippen molar-refractivity contribution in [2.45, 2.75) is 26.1 Å². The van der Waals surface area contributed by atoms with E-state index in [1.165, 1.54) is 24.0 Å². The predicted molar refractivity (Wildman–Crippen MR) is 108 cm³/mol. The summed E-state index contributed by atoms with van der Waals surface area (Å²) in [4.78, 5) is 31.1. The number of halogens is 1. The molecule has 0 saturated heterocycles. The molecular formula is C23H22FN3O2. The summed E-state index contributed by atoms with van der Waals surface area (Å²) >= 11 is 0. The summed E-state index contributed by atoms with van der Waals surface area (Å²) in [6.45, 7) is 1.94. The van der Waals surface area contributed by atoms with Gasteiger partial charge in [-0.1, -0.05) is 42.5 Å². The van der Waals surface area contributed by atoms with Gasteiger partial charge >= 0.3 is 0 Å². The molecule has 1 aromatic heterocycles. The average molecular weight is 391 g/mol. The second-order valence-corrected chi connectivity index (χ2v) is 6.66. The lowest BCUT2D eigenvalue weighted by molar-refractivity contribution is -0.140. The topological polar surface area (TPSA) is 62.3 Å². The molecule has 3 aromatic rings. The van der Waals surface area contributed by atoms with Crippen molar-refractivity contribution >= 4 is 11.8 Å². The Bertz CT molecular complexity index is 947. The highest BCUT2D eigenvalue weighted by molar-refractivity contribution is 5.88. The van der Waals surface area contributed by atoms with Gasteiger partial charge in [0, 0.05) is 32.4 Å².